The summed E-state index contributed by atoms with van der Waals surface area (Å²) >= 11 is 1.50. The van der Waals surface area contributed by atoms with Gasteiger partial charge in [0.05, 0.1) is 24.2 Å². The molecule has 1 saturated carbocycles. The van der Waals surface area contributed by atoms with Crippen LogP contribution in [0.25, 0.3) is 11.0 Å². The number of carbonyl (C=O) groups excluding carboxylic acids is 1. The second-order valence-electron chi connectivity index (χ2n) is 5.13. The number of hydrogen-bond acceptors (Lipinski definition) is 5. The molecular weight excluding hydrogens is 288 g/mol. The summed E-state index contributed by atoms with van der Waals surface area (Å²) in [5.74, 6) is 1.04. The number of rotatable bonds is 7. The summed E-state index contributed by atoms with van der Waals surface area (Å²) in [4.78, 5) is 19.2. The zero-order valence-corrected chi connectivity index (χ0v) is 12.6. The number of thioether (sulfide) groups is 1. The minimum absolute atomic E-state index is 0.313. The molecular formula is C14H18N4O2S. The van der Waals surface area contributed by atoms with Crippen molar-refractivity contribution in [3.8, 4) is 5.75 Å². The lowest BCUT2D eigenvalue weighted by atomic mass is 10.3. The quantitative estimate of drug-likeness (QED) is 0.670. The summed E-state index contributed by atoms with van der Waals surface area (Å²) in [6, 6.07) is 5.81. The van der Waals surface area contributed by atoms with Crippen LogP contribution >= 0.6 is 11.8 Å². The maximum Gasteiger partial charge on any atom is 0.235 e. The second-order valence-corrected chi connectivity index (χ2v) is 6.14. The van der Waals surface area contributed by atoms with Crippen molar-refractivity contribution < 1.29 is 9.53 Å². The minimum atomic E-state index is -0.315. The molecule has 0 saturated heterocycles. The van der Waals surface area contributed by atoms with Crippen molar-refractivity contribution in [1.82, 2.24) is 15.3 Å². The fraction of sp³-hybridized carbons (Fsp3) is 0.429. The molecule has 1 amide bonds. The number of aromatic nitrogens is 2. The van der Waals surface area contributed by atoms with Crippen molar-refractivity contribution in [2.24, 2.45) is 5.73 Å². The van der Waals surface area contributed by atoms with E-state index < -0.39 is 0 Å². The van der Waals surface area contributed by atoms with Crippen LogP contribution in [0.1, 0.15) is 12.8 Å². The molecule has 1 atom stereocenters. The number of aromatic amines is 1. The van der Waals surface area contributed by atoms with E-state index in [9.17, 15) is 4.79 Å². The van der Waals surface area contributed by atoms with Gasteiger partial charge in [-0.15, -0.1) is 0 Å². The van der Waals surface area contributed by atoms with Gasteiger partial charge in [-0.2, -0.15) is 0 Å². The van der Waals surface area contributed by atoms with Crippen LogP contribution in [-0.4, -0.2) is 40.8 Å². The highest BCUT2D eigenvalue weighted by atomic mass is 32.2. The SMILES string of the molecule is COc1ccc2nc(SCC(NC3CC3)C(N)=O)[nH]c2c1. The molecule has 0 aliphatic heterocycles. The first-order valence-electron chi connectivity index (χ1n) is 6.87. The van der Waals surface area contributed by atoms with Gasteiger partial charge in [0.15, 0.2) is 5.16 Å². The van der Waals surface area contributed by atoms with Crippen molar-refractivity contribution in [3.63, 3.8) is 0 Å². The van der Waals surface area contributed by atoms with Gasteiger partial charge >= 0.3 is 0 Å². The van der Waals surface area contributed by atoms with Gasteiger partial charge in [-0.25, -0.2) is 4.98 Å². The molecule has 21 heavy (non-hydrogen) atoms. The van der Waals surface area contributed by atoms with Gasteiger partial charge in [-0.05, 0) is 25.0 Å². The number of imidazole rings is 1. The Balaban J connectivity index is 1.67. The number of primary amides is 1. The number of nitrogens with zero attached hydrogens (tertiary/aromatic N) is 1. The molecule has 1 fully saturated rings. The topological polar surface area (TPSA) is 93.0 Å². The first kappa shape index (κ1) is 14.2. The molecule has 7 heteroatoms. The normalized spacial score (nSPS) is 16.0. The summed E-state index contributed by atoms with van der Waals surface area (Å²) in [6.45, 7) is 0. The summed E-state index contributed by atoms with van der Waals surface area (Å²) in [6.07, 6.45) is 2.25. The molecule has 0 bridgehead atoms. The third-order valence-electron chi connectivity index (χ3n) is 3.41. The Morgan fingerprint density at radius 3 is 3.10 bits per heavy atom. The molecule has 1 aromatic carbocycles. The number of carbonyl (C=O) groups is 1. The number of H-pyrrole nitrogens is 1. The van der Waals surface area contributed by atoms with E-state index in [0.29, 0.717) is 11.8 Å². The second kappa shape index (κ2) is 5.95. The standard InChI is InChI=1S/C14H18N4O2S/c1-20-9-4-5-10-11(6-9)18-14(17-10)21-7-12(13(15)19)16-8-2-3-8/h4-6,8,12,16H,2-3,7H2,1H3,(H2,15,19)(H,17,18). The van der Waals surface area contributed by atoms with Gasteiger partial charge in [0, 0.05) is 17.9 Å². The maximum absolute atomic E-state index is 11.4. The van der Waals surface area contributed by atoms with E-state index in [1.165, 1.54) is 11.8 Å². The lowest BCUT2D eigenvalue weighted by Gasteiger charge is -2.13. The highest BCUT2D eigenvalue weighted by Gasteiger charge is 2.27. The number of nitrogens with two attached hydrogens (primary N) is 1. The lowest BCUT2D eigenvalue weighted by molar-refractivity contribution is -0.119. The predicted molar refractivity (Wildman–Crippen MR) is 82.5 cm³/mol. The van der Waals surface area contributed by atoms with Crippen LogP contribution in [-0.2, 0) is 4.79 Å². The predicted octanol–water partition coefficient (Wildman–Crippen LogP) is 1.27. The summed E-state index contributed by atoms with van der Waals surface area (Å²) in [5.41, 5.74) is 7.23. The van der Waals surface area contributed by atoms with Crippen LogP contribution < -0.4 is 15.8 Å². The van der Waals surface area contributed by atoms with E-state index in [1.807, 2.05) is 18.2 Å². The third kappa shape index (κ3) is 3.48. The monoisotopic (exact) mass is 306 g/mol. The van der Waals surface area contributed by atoms with E-state index >= 15 is 0 Å². The van der Waals surface area contributed by atoms with Crippen molar-refractivity contribution in [2.45, 2.75) is 30.1 Å². The summed E-state index contributed by atoms with van der Waals surface area (Å²) < 4.78 is 5.19. The molecule has 112 valence electrons. The number of amides is 1. The van der Waals surface area contributed by atoms with Crippen LogP contribution in [0.15, 0.2) is 23.4 Å². The number of fused-ring (bicyclic) bond motifs is 1. The average molecular weight is 306 g/mol. The third-order valence-corrected chi connectivity index (χ3v) is 4.38. The van der Waals surface area contributed by atoms with Gasteiger partial charge < -0.3 is 20.8 Å². The number of ether oxygens (including phenoxy) is 1. The van der Waals surface area contributed by atoms with Gasteiger partial charge in [0.2, 0.25) is 5.91 Å². The van der Waals surface area contributed by atoms with E-state index in [4.69, 9.17) is 10.5 Å². The molecule has 1 aliphatic carbocycles. The molecule has 4 N–H and O–H groups in total. The van der Waals surface area contributed by atoms with Crippen LogP contribution in [0.4, 0.5) is 0 Å². The number of methoxy groups -OCH3 is 1. The molecule has 0 radical (unpaired) electrons. The van der Waals surface area contributed by atoms with Crippen LogP contribution in [0.5, 0.6) is 5.75 Å². The van der Waals surface area contributed by atoms with Crippen LogP contribution in [0.2, 0.25) is 0 Å². The van der Waals surface area contributed by atoms with Crippen molar-refractivity contribution >= 4 is 28.7 Å². The molecule has 1 heterocycles. The van der Waals surface area contributed by atoms with E-state index in [2.05, 4.69) is 15.3 Å². The lowest BCUT2D eigenvalue weighted by Crippen LogP contribution is -2.44. The van der Waals surface area contributed by atoms with Crippen LogP contribution in [0.3, 0.4) is 0 Å². The molecule has 3 rings (SSSR count). The zero-order chi connectivity index (χ0) is 14.8. The molecule has 1 aromatic heterocycles. The highest BCUT2D eigenvalue weighted by molar-refractivity contribution is 7.99. The van der Waals surface area contributed by atoms with Gasteiger partial charge in [0.25, 0.3) is 0 Å². The molecule has 1 unspecified atom stereocenters. The number of nitrogens with one attached hydrogen (secondary N) is 2. The van der Waals surface area contributed by atoms with Crippen LogP contribution in [0, 0.1) is 0 Å². The van der Waals surface area contributed by atoms with Crippen molar-refractivity contribution in [3.05, 3.63) is 18.2 Å². The number of benzene rings is 1. The minimum Gasteiger partial charge on any atom is -0.497 e. The smallest absolute Gasteiger partial charge is 0.235 e. The Hall–Kier alpha value is -1.73. The van der Waals surface area contributed by atoms with Crippen molar-refractivity contribution in [2.75, 3.05) is 12.9 Å². The Morgan fingerprint density at radius 2 is 2.43 bits per heavy atom. The molecule has 2 aromatic rings. The Morgan fingerprint density at radius 1 is 1.62 bits per heavy atom. The fourth-order valence-electron chi connectivity index (χ4n) is 2.07. The average Bonchev–Trinajstić information content (AvgIpc) is 3.20. The number of hydrogen-bond donors (Lipinski definition) is 3. The molecule has 0 spiro atoms. The molecule has 6 nitrogen and oxygen atoms in total. The first-order chi connectivity index (χ1) is 10.2. The first-order valence-corrected chi connectivity index (χ1v) is 7.86. The fourth-order valence-corrected chi connectivity index (χ4v) is 3.00. The van der Waals surface area contributed by atoms with Gasteiger partial charge in [-0.1, -0.05) is 11.8 Å². The Labute approximate surface area is 126 Å². The summed E-state index contributed by atoms with van der Waals surface area (Å²) in [7, 11) is 1.63. The zero-order valence-electron chi connectivity index (χ0n) is 11.8. The van der Waals surface area contributed by atoms with E-state index in [1.54, 1.807) is 7.11 Å². The van der Waals surface area contributed by atoms with Crippen molar-refractivity contribution in [1.29, 1.82) is 0 Å². The van der Waals surface area contributed by atoms with Gasteiger partial charge in [-0.3, -0.25) is 4.79 Å². The Bertz CT molecular complexity index is 653. The summed E-state index contributed by atoms with van der Waals surface area (Å²) in [5, 5.41) is 4.04. The highest BCUT2D eigenvalue weighted by Crippen LogP contribution is 2.24. The largest absolute Gasteiger partial charge is 0.497 e. The maximum atomic E-state index is 11.4. The molecule has 1 aliphatic rings. The Kier molecular flexibility index (Phi) is 4.03. The van der Waals surface area contributed by atoms with E-state index in [-0.39, 0.29) is 11.9 Å². The van der Waals surface area contributed by atoms with Gasteiger partial charge in [0.1, 0.15) is 5.75 Å². The van der Waals surface area contributed by atoms with E-state index in [0.717, 1.165) is 34.8 Å².